The number of aromatic nitrogens is 7. The minimum atomic E-state index is -1.41. The summed E-state index contributed by atoms with van der Waals surface area (Å²) in [5, 5.41) is 46.7. The van der Waals surface area contributed by atoms with Gasteiger partial charge in [0.25, 0.3) is 0 Å². The molecule has 14 heteroatoms. The van der Waals surface area contributed by atoms with Crippen molar-refractivity contribution in [2.45, 2.75) is 37.4 Å². The first-order chi connectivity index (χ1) is 19.2. The maximum absolute atomic E-state index is 14.1. The smallest absolute Gasteiger partial charge is 0.164 e. The van der Waals surface area contributed by atoms with Crippen LogP contribution in [0.2, 0.25) is 5.02 Å². The van der Waals surface area contributed by atoms with Crippen LogP contribution in [0.5, 0.6) is 0 Å². The monoisotopic (exact) mass is 629 g/mol. The van der Waals surface area contributed by atoms with Gasteiger partial charge in [-0.3, -0.25) is 4.98 Å². The topological polar surface area (TPSA) is 144 Å². The Morgan fingerprint density at radius 1 is 1.15 bits per heavy atom. The third-order valence-corrected chi connectivity index (χ3v) is 7.66. The van der Waals surface area contributed by atoms with Crippen LogP contribution in [0, 0.1) is 12.7 Å². The number of benzene rings is 2. The minimum Gasteiger partial charge on any atom is -0.394 e. The van der Waals surface area contributed by atoms with Gasteiger partial charge in [0.05, 0.1) is 28.5 Å². The lowest BCUT2D eigenvalue weighted by molar-refractivity contribution is -0.210. The van der Waals surface area contributed by atoms with E-state index in [1.807, 2.05) is 6.07 Å². The summed E-state index contributed by atoms with van der Waals surface area (Å²) in [6.07, 6.45) is -1.89. The predicted molar refractivity (Wildman–Crippen MR) is 145 cm³/mol. The van der Waals surface area contributed by atoms with Crippen molar-refractivity contribution in [1.82, 2.24) is 34.7 Å². The number of ether oxygens (including phenoxy) is 1. The van der Waals surface area contributed by atoms with Crippen LogP contribution in [-0.2, 0) is 4.74 Å². The summed E-state index contributed by atoms with van der Waals surface area (Å²) >= 11 is 9.53. The lowest BCUT2D eigenvalue weighted by atomic mass is 9.92. The van der Waals surface area contributed by atoms with E-state index >= 15 is 0 Å². The summed E-state index contributed by atoms with van der Waals surface area (Å²) in [4.78, 5) is 9.01. The van der Waals surface area contributed by atoms with E-state index in [0.29, 0.717) is 37.8 Å². The van der Waals surface area contributed by atoms with E-state index in [0.717, 1.165) is 5.39 Å². The van der Waals surface area contributed by atoms with Crippen molar-refractivity contribution in [1.29, 1.82) is 0 Å². The largest absolute Gasteiger partial charge is 0.394 e. The van der Waals surface area contributed by atoms with E-state index in [1.165, 1.54) is 21.6 Å². The van der Waals surface area contributed by atoms with Crippen LogP contribution in [-0.4, -0.2) is 75.0 Å². The van der Waals surface area contributed by atoms with Gasteiger partial charge in [0.2, 0.25) is 0 Å². The average Bonchev–Trinajstić information content (AvgIpc) is 3.57. The molecule has 11 nitrogen and oxygen atoms in total. The number of hydrogen-bond donors (Lipinski definition) is 3. The van der Waals surface area contributed by atoms with E-state index < -0.39 is 42.9 Å². The summed E-state index contributed by atoms with van der Waals surface area (Å²) in [5.41, 5.74) is 1.89. The molecule has 2 aromatic carbocycles. The Morgan fingerprint density at radius 3 is 2.75 bits per heavy atom. The van der Waals surface area contributed by atoms with Gasteiger partial charge in [-0.1, -0.05) is 28.9 Å². The van der Waals surface area contributed by atoms with Crippen molar-refractivity contribution in [3.8, 4) is 16.9 Å². The molecule has 6 rings (SSSR count). The van der Waals surface area contributed by atoms with Crippen molar-refractivity contribution < 1.29 is 24.4 Å². The van der Waals surface area contributed by atoms with Crippen LogP contribution in [0.15, 0.2) is 59.3 Å². The molecule has 1 saturated heterocycles. The summed E-state index contributed by atoms with van der Waals surface area (Å²) in [6.45, 7) is 1.14. The molecule has 206 valence electrons. The second kappa shape index (κ2) is 10.6. The molecule has 4 heterocycles. The first-order valence-corrected chi connectivity index (χ1v) is 13.4. The Kier molecular flexibility index (Phi) is 7.10. The third kappa shape index (κ3) is 4.68. The highest BCUT2D eigenvalue weighted by atomic mass is 79.9. The number of aliphatic hydroxyl groups is 3. The van der Waals surface area contributed by atoms with Crippen molar-refractivity contribution in [2.24, 2.45) is 0 Å². The van der Waals surface area contributed by atoms with Crippen LogP contribution in [0.25, 0.3) is 27.8 Å². The zero-order chi connectivity index (χ0) is 28.1. The van der Waals surface area contributed by atoms with E-state index in [2.05, 4.69) is 41.3 Å². The van der Waals surface area contributed by atoms with Gasteiger partial charge < -0.3 is 20.1 Å². The lowest BCUT2D eigenvalue weighted by Crippen LogP contribution is -2.53. The molecule has 0 unspecified atom stereocenters. The van der Waals surface area contributed by atoms with Crippen molar-refractivity contribution in [3.63, 3.8) is 0 Å². The molecule has 5 atom stereocenters. The minimum absolute atomic E-state index is 0.213. The van der Waals surface area contributed by atoms with E-state index in [9.17, 15) is 19.7 Å². The van der Waals surface area contributed by atoms with Crippen molar-refractivity contribution >= 4 is 38.4 Å². The first kappa shape index (κ1) is 26.9. The van der Waals surface area contributed by atoms with Crippen LogP contribution < -0.4 is 0 Å². The molecule has 5 aromatic rings. The fourth-order valence-corrected chi connectivity index (χ4v) is 5.40. The summed E-state index contributed by atoms with van der Waals surface area (Å²) < 4.78 is 23.2. The second-order valence-electron chi connectivity index (χ2n) is 9.39. The molecule has 3 aromatic heterocycles. The summed E-state index contributed by atoms with van der Waals surface area (Å²) in [7, 11) is 0. The third-order valence-electron chi connectivity index (χ3n) is 6.79. The normalized spacial score (nSPS) is 23.1. The van der Waals surface area contributed by atoms with Crippen molar-refractivity contribution in [2.75, 3.05) is 6.61 Å². The average molecular weight is 631 g/mol. The van der Waals surface area contributed by atoms with Crippen LogP contribution in [0.3, 0.4) is 0 Å². The molecule has 0 aliphatic carbocycles. The Hall–Kier alpha value is -3.33. The molecule has 3 N–H and O–H groups in total. The second-order valence-corrected chi connectivity index (χ2v) is 10.7. The molecule has 0 radical (unpaired) electrons. The Labute approximate surface area is 240 Å². The number of halogens is 3. The number of hydrogen-bond acceptors (Lipinski definition) is 9. The zero-order valence-electron chi connectivity index (χ0n) is 20.8. The molecular formula is C26H22BrClFN7O4. The van der Waals surface area contributed by atoms with Crippen LogP contribution in [0.1, 0.15) is 23.8 Å². The van der Waals surface area contributed by atoms with Gasteiger partial charge in [0.1, 0.15) is 47.8 Å². The number of pyridine rings is 1. The predicted octanol–water partition coefficient (Wildman–Crippen LogP) is 3.33. The Balaban J connectivity index is 1.42. The van der Waals surface area contributed by atoms with E-state index in [-0.39, 0.29) is 5.82 Å². The molecule has 40 heavy (non-hydrogen) atoms. The fraction of sp³-hybridized carbons (Fsp3) is 0.269. The number of fused-ring (bicyclic) bond motifs is 1. The number of aliphatic hydroxyl groups excluding tert-OH is 3. The Bertz CT molecular complexity index is 1720. The molecule has 0 amide bonds. The molecule has 0 spiro atoms. The zero-order valence-corrected chi connectivity index (χ0v) is 23.1. The maximum Gasteiger partial charge on any atom is 0.164 e. The van der Waals surface area contributed by atoms with Gasteiger partial charge in [-0.25, -0.2) is 18.7 Å². The summed E-state index contributed by atoms with van der Waals surface area (Å²) in [6, 6.07) is 10.5. The van der Waals surface area contributed by atoms with Gasteiger partial charge in [-0.15, -0.1) is 5.10 Å². The maximum atomic E-state index is 14.1. The highest BCUT2D eigenvalue weighted by molar-refractivity contribution is 9.10. The first-order valence-electron chi connectivity index (χ1n) is 12.2. The highest BCUT2D eigenvalue weighted by Gasteiger charge is 2.48. The Morgan fingerprint density at radius 2 is 1.98 bits per heavy atom. The van der Waals surface area contributed by atoms with Gasteiger partial charge in [-0.05, 0) is 53.2 Å². The highest BCUT2D eigenvalue weighted by Crippen LogP contribution is 2.39. The molecular weight excluding hydrogens is 609 g/mol. The molecule has 0 bridgehead atoms. The lowest BCUT2D eigenvalue weighted by Gasteiger charge is -2.41. The molecule has 1 fully saturated rings. The quantitative estimate of drug-likeness (QED) is 0.266. The molecule has 1 aliphatic heterocycles. The fourth-order valence-electron chi connectivity index (χ4n) is 4.93. The van der Waals surface area contributed by atoms with Crippen LogP contribution in [0.4, 0.5) is 4.39 Å². The van der Waals surface area contributed by atoms with Gasteiger partial charge >= 0.3 is 0 Å². The standard InChI is InChI=1S/C26H22BrClFN7O4/c1-12-31-26(36(33-12)19-9-15(28)7-14-3-2-6-30-21(14)19)25-24(39)22(23(38)20(11-37)40-25)35-10-18(32-34-35)13-4-5-16(27)17(29)8-13/h2-10,20,22-25,37-39H,11H2,1H3/t20-,22+,23+,24-,25-/m1/s1. The van der Waals surface area contributed by atoms with Crippen molar-refractivity contribution in [3.05, 3.63) is 81.8 Å². The van der Waals surface area contributed by atoms with Crippen LogP contribution >= 0.6 is 27.5 Å². The van der Waals surface area contributed by atoms with Gasteiger partial charge in [0.15, 0.2) is 5.82 Å². The van der Waals surface area contributed by atoms with E-state index in [1.54, 1.807) is 43.5 Å². The van der Waals surface area contributed by atoms with Gasteiger partial charge in [0, 0.05) is 22.2 Å². The number of rotatable bonds is 5. The van der Waals surface area contributed by atoms with E-state index in [4.69, 9.17) is 16.3 Å². The number of nitrogens with zero attached hydrogens (tertiary/aromatic N) is 7. The SMILES string of the molecule is Cc1nc([C@@H]2O[C@H](CO)[C@H](O)[C@H](n3cc(-c4ccc(Br)c(F)c4)nn3)[C@H]2O)n(-c2cc(Cl)cc3cccnc23)n1. The number of aryl methyl sites for hydroxylation is 1. The molecule has 0 saturated carbocycles. The van der Waals surface area contributed by atoms with Gasteiger partial charge in [-0.2, -0.15) is 5.10 Å². The molecule has 1 aliphatic rings. The summed E-state index contributed by atoms with van der Waals surface area (Å²) in [5.74, 6) is 0.125.